The third-order valence-electron chi connectivity index (χ3n) is 6.32. The molecule has 0 bridgehead atoms. The second-order valence-electron chi connectivity index (χ2n) is 9.08. The number of urea groups is 1. The zero-order valence-electron chi connectivity index (χ0n) is 21.5. The van der Waals surface area contributed by atoms with Gasteiger partial charge in [0.1, 0.15) is 5.82 Å². The number of hydrogen-bond acceptors (Lipinski definition) is 7. The number of carbonyl (C=O) groups is 3. The number of nitro benzene ring substituents is 1. The smallest absolute Gasteiger partial charge is 0.323 e. The van der Waals surface area contributed by atoms with Gasteiger partial charge in [-0.3, -0.25) is 24.6 Å². The van der Waals surface area contributed by atoms with E-state index in [-0.39, 0.29) is 29.2 Å². The maximum Gasteiger partial charge on any atom is 0.323 e. The number of carboxylic acid groups (broad SMARTS) is 1. The van der Waals surface area contributed by atoms with Gasteiger partial charge in [0.15, 0.2) is 6.17 Å². The average molecular weight is 620 g/mol. The van der Waals surface area contributed by atoms with Crippen LogP contribution in [0.15, 0.2) is 77.7 Å². The van der Waals surface area contributed by atoms with E-state index in [1.807, 2.05) is 0 Å². The number of rotatable bonds is 9. The van der Waals surface area contributed by atoms with Gasteiger partial charge in [0.25, 0.3) is 11.6 Å². The molecular formula is C26H23ClFN5O8S. The Morgan fingerprint density at radius 1 is 1.07 bits per heavy atom. The zero-order chi connectivity index (χ0) is 30.6. The Labute approximate surface area is 243 Å². The highest BCUT2D eigenvalue weighted by Gasteiger charge is 2.47. The van der Waals surface area contributed by atoms with E-state index in [1.165, 1.54) is 42.5 Å². The van der Waals surface area contributed by atoms with E-state index in [0.29, 0.717) is 10.7 Å². The number of benzene rings is 3. The Balaban J connectivity index is 1.70. The molecule has 1 saturated heterocycles. The van der Waals surface area contributed by atoms with Crippen LogP contribution in [0.25, 0.3) is 0 Å². The number of nitro groups is 1. The maximum absolute atomic E-state index is 13.7. The fourth-order valence-corrected chi connectivity index (χ4v) is 6.01. The van der Waals surface area contributed by atoms with Gasteiger partial charge in [0.05, 0.1) is 22.3 Å². The van der Waals surface area contributed by atoms with Crippen LogP contribution in [-0.2, 0) is 19.6 Å². The summed E-state index contributed by atoms with van der Waals surface area (Å²) in [6.07, 6.45) is -2.51. The minimum Gasteiger partial charge on any atom is -0.481 e. The first-order valence-corrected chi connectivity index (χ1v) is 14.1. The Bertz CT molecular complexity index is 1620. The van der Waals surface area contributed by atoms with E-state index in [0.717, 1.165) is 39.5 Å². The predicted octanol–water partition coefficient (Wildman–Crippen LogP) is 3.58. The molecule has 2 atom stereocenters. The number of sulfonamides is 1. The summed E-state index contributed by atoms with van der Waals surface area (Å²) in [5.41, 5.74) is 0.00860. The quantitative estimate of drug-likeness (QED) is 0.240. The minimum atomic E-state index is -4.47. The first kappa shape index (κ1) is 30.4. The summed E-state index contributed by atoms with van der Waals surface area (Å²) >= 11 is 5.89. The van der Waals surface area contributed by atoms with E-state index in [4.69, 9.17) is 11.6 Å². The lowest BCUT2D eigenvalue weighted by Crippen LogP contribution is -2.55. The molecule has 0 radical (unpaired) electrons. The van der Waals surface area contributed by atoms with Crippen LogP contribution in [-0.4, -0.2) is 64.8 Å². The molecule has 1 aliphatic rings. The number of aliphatic carboxylic acids is 1. The maximum atomic E-state index is 13.7. The van der Waals surface area contributed by atoms with Crippen molar-refractivity contribution in [3.63, 3.8) is 0 Å². The summed E-state index contributed by atoms with van der Waals surface area (Å²) in [5, 5.41) is 26.1. The van der Waals surface area contributed by atoms with E-state index in [2.05, 4.69) is 10.6 Å². The number of carboxylic acids is 1. The summed E-state index contributed by atoms with van der Waals surface area (Å²) < 4.78 is 41.4. The summed E-state index contributed by atoms with van der Waals surface area (Å²) in [5.74, 6) is -3.12. The summed E-state index contributed by atoms with van der Waals surface area (Å²) in [6.45, 7) is -0.565. The van der Waals surface area contributed by atoms with Crippen LogP contribution in [0.5, 0.6) is 0 Å². The highest BCUT2D eigenvalue weighted by molar-refractivity contribution is 7.89. The van der Waals surface area contributed by atoms with Crippen molar-refractivity contribution in [2.45, 2.75) is 23.5 Å². The topological polar surface area (TPSA) is 179 Å². The van der Waals surface area contributed by atoms with Crippen molar-refractivity contribution in [3.05, 3.63) is 99.3 Å². The summed E-state index contributed by atoms with van der Waals surface area (Å²) in [4.78, 5) is 49.8. The minimum absolute atomic E-state index is 0.0723. The number of nitrogens with one attached hydrogen (secondary N) is 2. The number of nitrogens with zero attached hydrogens (tertiary/aromatic N) is 3. The van der Waals surface area contributed by atoms with Gasteiger partial charge < -0.3 is 15.7 Å². The SMILES string of the molecule is O=C(O)CC(NC(=O)C1N(C(=O)Nc2ccc(Cl)cc2)CCN1S(=O)(=O)c1ccc(F)cc1)c1cccc([N+](=O)[O-])c1. The van der Waals surface area contributed by atoms with Crippen LogP contribution < -0.4 is 10.6 Å². The Morgan fingerprint density at radius 3 is 2.36 bits per heavy atom. The van der Waals surface area contributed by atoms with Crippen LogP contribution >= 0.6 is 11.6 Å². The van der Waals surface area contributed by atoms with Gasteiger partial charge in [0, 0.05) is 35.9 Å². The number of carbonyl (C=O) groups excluding carboxylic acids is 2. The van der Waals surface area contributed by atoms with Gasteiger partial charge in [0.2, 0.25) is 10.0 Å². The molecular weight excluding hydrogens is 597 g/mol. The molecule has 3 aromatic rings. The molecule has 1 aliphatic heterocycles. The molecule has 3 amide bonds. The molecule has 13 nitrogen and oxygen atoms in total. The number of halogens is 2. The van der Waals surface area contributed by atoms with Crippen LogP contribution in [0.4, 0.5) is 20.6 Å². The molecule has 1 fully saturated rings. The first-order chi connectivity index (χ1) is 19.9. The van der Waals surface area contributed by atoms with Gasteiger partial charge in [-0.1, -0.05) is 23.7 Å². The fraction of sp³-hybridized carbons (Fsp3) is 0.192. The number of amides is 3. The lowest BCUT2D eigenvalue weighted by atomic mass is 10.0. The standard InChI is InChI=1S/C26H23ClFN5O8S/c27-17-4-8-19(9-5-17)29-26(37)31-12-13-32(42(40,41)21-10-6-18(28)7-11-21)25(31)24(36)30-22(15-23(34)35)16-2-1-3-20(14-16)33(38)39/h1-11,14,22,25H,12-13,15H2,(H,29,37)(H,30,36)(H,34,35). The normalized spacial score (nSPS) is 16.0. The Morgan fingerprint density at radius 2 is 1.74 bits per heavy atom. The van der Waals surface area contributed by atoms with Gasteiger partial charge in [-0.2, -0.15) is 4.31 Å². The monoisotopic (exact) mass is 619 g/mol. The van der Waals surface area contributed by atoms with Gasteiger partial charge >= 0.3 is 12.0 Å². The van der Waals surface area contributed by atoms with Crippen molar-refractivity contribution in [2.24, 2.45) is 0 Å². The number of non-ortho nitro benzene ring substituents is 1. The van der Waals surface area contributed by atoms with Gasteiger partial charge in [-0.05, 0) is 54.1 Å². The molecule has 3 N–H and O–H groups in total. The molecule has 0 aliphatic carbocycles. The van der Waals surface area contributed by atoms with Crippen molar-refractivity contribution in [1.82, 2.24) is 14.5 Å². The van der Waals surface area contributed by atoms with Gasteiger partial charge in [-0.25, -0.2) is 17.6 Å². The summed E-state index contributed by atoms with van der Waals surface area (Å²) in [7, 11) is -4.47. The molecule has 0 aromatic heterocycles. The molecule has 0 saturated carbocycles. The van der Waals surface area contributed by atoms with Crippen LogP contribution in [0.3, 0.4) is 0 Å². The highest BCUT2D eigenvalue weighted by Crippen LogP contribution is 2.28. The predicted molar refractivity (Wildman–Crippen MR) is 147 cm³/mol. The molecule has 220 valence electrons. The molecule has 3 aromatic carbocycles. The number of anilines is 1. The van der Waals surface area contributed by atoms with Crippen molar-refractivity contribution in [2.75, 3.05) is 18.4 Å². The lowest BCUT2D eigenvalue weighted by molar-refractivity contribution is -0.384. The molecule has 0 spiro atoms. The Kier molecular flexibility index (Phi) is 9.04. The van der Waals surface area contributed by atoms with Crippen molar-refractivity contribution >= 4 is 50.9 Å². The lowest BCUT2D eigenvalue weighted by Gasteiger charge is -2.30. The second-order valence-corrected chi connectivity index (χ2v) is 11.4. The zero-order valence-corrected chi connectivity index (χ0v) is 23.1. The fourth-order valence-electron chi connectivity index (χ4n) is 4.34. The Hall–Kier alpha value is -4.60. The van der Waals surface area contributed by atoms with Crippen LogP contribution in [0, 0.1) is 15.9 Å². The van der Waals surface area contributed by atoms with Crippen molar-refractivity contribution in [3.8, 4) is 0 Å². The van der Waals surface area contributed by atoms with Crippen LogP contribution in [0.2, 0.25) is 5.02 Å². The van der Waals surface area contributed by atoms with Gasteiger partial charge in [-0.15, -0.1) is 0 Å². The van der Waals surface area contributed by atoms with Crippen LogP contribution in [0.1, 0.15) is 18.0 Å². The molecule has 16 heteroatoms. The second kappa shape index (κ2) is 12.5. The summed E-state index contributed by atoms with van der Waals surface area (Å²) in [6, 6.07) is 12.6. The van der Waals surface area contributed by atoms with Crippen molar-refractivity contribution in [1.29, 1.82) is 0 Å². The third kappa shape index (κ3) is 6.82. The highest BCUT2D eigenvalue weighted by atomic mass is 35.5. The number of hydrogen-bond donors (Lipinski definition) is 3. The molecule has 1 heterocycles. The third-order valence-corrected chi connectivity index (χ3v) is 8.44. The first-order valence-electron chi connectivity index (χ1n) is 12.2. The van der Waals surface area contributed by atoms with E-state index >= 15 is 0 Å². The average Bonchev–Trinajstić information content (AvgIpc) is 3.41. The molecule has 4 rings (SSSR count). The largest absolute Gasteiger partial charge is 0.481 e. The van der Waals surface area contributed by atoms with E-state index in [1.54, 1.807) is 0 Å². The molecule has 2 unspecified atom stereocenters. The van der Waals surface area contributed by atoms with E-state index < -0.39 is 57.3 Å². The van der Waals surface area contributed by atoms with E-state index in [9.17, 15) is 42.4 Å². The molecule has 42 heavy (non-hydrogen) atoms. The van der Waals surface area contributed by atoms with Crippen molar-refractivity contribution < 1.29 is 37.2 Å².